The molecule has 10 aromatic rings. The molecule has 1 aliphatic rings. The van der Waals surface area contributed by atoms with E-state index < -0.39 is 0 Å². The van der Waals surface area contributed by atoms with Crippen LogP contribution in [0.25, 0.3) is 87.3 Å². The molecule has 0 bridgehead atoms. The van der Waals surface area contributed by atoms with E-state index in [4.69, 9.17) is 0 Å². The molecule has 0 atom stereocenters. The van der Waals surface area contributed by atoms with Gasteiger partial charge >= 0.3 is 0 Å². The third-order valence-electron chi connectivity index (χ3n) is 12.5. The van der Waals surface area contributed by atoms with Gasteiger partial charge in [0, 0.05) is 32.9 Å². The summed E-state index contributed by atoms with van der Waals surface area (Å²) in [4.78, 5) is 0. The molecule has 8 aromatic carbocycles. The number of nitrogens with zero attached hydrogens (tertiary/aromatic N) is 2. The van der Waals surface area contributed by atoms with Crippen molar-refractivity contribution in [3.8, 4) is 11.4 Å². The lowest BCUT2D eigenvalue weighted by molar-refractivity contribution is 0.332. The van der Waals surface area contributed by atoms with Crippen LogP contribution in [-0.2, 0) is 10.8 Å². The molecule has 2 heterocycles. The molecular formula is C50H40N2. The summed E-state index contributed by atoms with van der Waals surface area (Å²) < 4.78 is 5.15. The van der Waals surface area contributed by atoms with E-state index in [0.29, 0.717) is 0 Å². The second-order valence-corrected chi connectivity index (χ2v) is 16.4. The first-order valence-electron chi connectivity index (χ1n) is 18.7. The van der Waals surface area contributed by atoms with Crippen molar-refractivity contribution in [2.24, 2.45) is 0 Å². The maximum absolute atomic E-state index is 2.62. The van der Waals surface area contributed by atoms with Crippen LogP contribution in [0.2, 0.25) is 0 Å². The predicted octanol–water partition coefficient (Wildman–Crippen LogP) is 13.7. The van der Waals surface area contributed by atoms with Crippen LogP contribution in [0.1, 0.15) is 51.7 Å². The lowest BCUT2D eigenvalue weighted by atomic mass is 9.63. The zero-order valence-corrected chi connectivity index (χ0v) is 30.2. The highest BCUT2D eigenvalue weighted by molar-refractivity contribution is 6.36. The normalized spacial score (nSPS) is 15.5. The molecule has 0 saturated heterocycles. The highest BCUT2D eigenvalue weighted by Gasteiger charge is 2.38. The molecule has 0 spiro atoms. The van der Waals surface area contributed by atoms with Gasteiger partial charge in [-0.2, -0.15) is 0 Å². The van der Waals surface area contributed by atoms with Gasteiger partial charge in [0.2, 0.25) is 0 Å². The number of rotatable bonds is 2. The Bertz CT molecular complexity index is 3110. The van der Waals surface area contributed by atoms with Crippen LogP contribution in [0.15, 0.2) is 146 Å². The Labute approximate surface area is 303 Å². The van der Waals surface area contributed by atoms with Crippen molar-refractivity contribution in [1.82, 2.24) is 9.13 Å². The van der Waals surface area contributed by atoms with Gasteiger partial charge in [0.05, 0.1) is 22.1 Å². The van der Waals surface area contributed by atoms with Crippen LogP contribution in [0.5, 0.6) is 0 Å². The SMILES string of the molecule is CC1(C)CCC(C)(C)c2cc3c(cc21)c1c2ccccc2c2c4ccccc4n(-c4ccccc4)c2c1n3-c1ccc2ccc3ccccc3c2c1. The lowest BCUT2D eigenvalue weighted by Crippen LogP contribution is -2.33. The Morgan fingerprint density at radius 1 is 0.385 bits per heavy atom. The van der Waals surface area contributed by atoms with Gasteiger partial charge < -0.3 is 9.13 Å². The molecule has 250 valence electrons. The average Bonchev–Trinajstić information content (AvgIpc) is 3.70. The molecule has 0 aliphatic heterocycles. The number of hydrogen-bond acceptors (Lipinski definition) is 0. The number of aromatic nitrogens is 2. The van der Waals surface area contributed by atoms with Crippen LogP contribution >= 0.6 is 0 Å². The summed E-state index contributed by atoms with van der Waals surface area (Å²) in [5.74, 6) is 0. The van der Waals surface area contributed by atoms with E-state index in [1.165, 1.54) is 111 Å². The number of fused-ring (bicyclic) bond motifs is 14. The van der Waals surface area contributed by atoms with E-state index >= 15 is 0 Å². The van der Waals surface area contributed by atoms with Gasteiger partial charge in [0.1, 0.15) is 0 Å². The van der Waals surface area contributed by atoms with E-state index in [1.807, 2.05) is 0 Å². The van der Waals surface area contributed by atoms with Crippen LogP contribution in [-0.4, -0.2) is 9.13 Å². The molecule has 11 rings (SSSR count). The summed E-state index contributed by atoms with van der Waals surface area (Å²) in [6.45, 7) is 9.79. The second kappa shape index (κ2) is 10.4. The van der Waals surface area contributed by atoms with Gasteiger partial charge in [-0.1, -0.05) is 131 Å². The van der Waals surface area contributed by atoms with Gasteiger partial charge in [0.25, 0.3) is 0 Å². The largest absolute Gasteiger partial charge is 0.307 e. The van der Waals surface area contributed by atoms with E-state index in [9.17, 15) is 0 Å². The van der Waals surface area contributed by atoms with Crippen molar-refractivity contribution in [2.75, 3.05) is 0 Å². The molecule has 0 amide bonds. The fraction of sp³-hybridized carbons (Fsp3) is 0.160. The van der Waals surface area contributed by atoms with Crippen molar-refractivity contribution in [1.29, 1.82) is 0 Å². The Hall–Kier alpha value is -5.86. The van der Waals surface area contributed by atoms with Crippen molar-refractivity contribution in [3.63, 3.8) is 0 Å². The van der Waals surface area contributed by atoms with E-state index in [-0.39, 0.29) is 10.8 Å². The smallest absolute Gasteiger partial charge is 0.0795 e. The Morgan fingerprint density at radius 2 is 0.904 bits per heavy atom. The molecule has 1 aliphatic carbocycles. The first kappa shape index (κ1) is 29.8. The van der Waals surface area contributed by atoms with E-state index in [1.54, 1.807) is 0 Å². The Kier molecular flexibility index (Phi) is 5.94. The maximum Gasteiger partial charge on any atom is 0.0795 e. The first-order chi connectivity index (χ1) is 25.3. The second-order valence-electron chi connectivity index (χ2n) is 16.4. The quantitative estimate of drug-likeness (QED) is 0.162. The zero-order valence-electron chi connectivity index (χ0n) is 30.2. The van der Waals surface area contributed by atoms with Gasteiger partial charge in [-0.05, 0) is 110 Å². The van der Waals surface area contributed by atoms with E-state index in [0.717, 1.165) is 0 Å². The number of para-hydroxylation sites is 2. The Balaban J connectivity index is 1.44. The average molecular weight is 669 g/mol. The molecule has 0 N–H and O–H groups in total. The highest BCUT2D eigenvalue weighted by atomic mass is 15.0. The minimum atomic E-state index is 0.0796. The fourth-order valence-electron chi connectivity index (χ4n) is 9.74. The van der Waals surface area contributed by atoms with Crippen molar-refractivity contribution >= 4 is 75.9 Å². The third-order valence-corrected chi connectivity index (χ3v) is 12.5. The van der Waals surface area contributed by atoms with Crippen molar-refractivity contribution < 1.29 is 0 Å². The highest BCUT2D eigenvalue weighted by Crippen LogP contribution is 2.51. The van der Waals surface area contributed by atoms with Gasteiger partial charge in [-0.25, -0.2) is 0 Å². The molecule has 0 fully saturated rings. The summed E-state index contributed by atoms with van der Waals surface area (Å²) in [6.07, 6.45) is 2.36. The van der Waals surface area contributed by atoms with Crippen LogP contribution < -0.4 is 0 Å². The lowest BCUT2D eigenvalue weighted by Gasteiger charge is -2.42. The minimum Gasteiger partial charge on any atom is -0.307 e. The number of hydrogen-bond donors (Lipinski definition) is 0. The summed E-state index contributed by atoms with van der Waals surface area (Å²) in [7, 11) is 0. The number of benzene rings is 8. The predicted molar refractivity (Wildman–Crippen MR) is 223 cm³/mol. The topological polar surface area (TPSA) is 9.86 Å². The van der Waals surface area contributed by atoms with Crippen molar-refractivity contribution in [2.45, 2.75) is 51.4 Å². The summed E-state index contributed by atoms with van der Waals surface area (Å²) in [5, 5.41) is 13.0. The van der Waals surface area contributed by atoms with E-state index in [2.05, 4.69) is 182 Å². The van der Waals surface area contributed by atoms with Gasteiger partial charge in [-0.15, -0.1) is 0 Å². The molecule has 0 unspecified atom stereocenters. The molecule has 2 aromatic heterocycles. The first-order valence-corrected chi connectivity index (χ1v) is 18.7. The molecule has 2 nitrogen and oxygen atoms in total. The van der Waals surface area contributed by atoms with Crippen LogP contribution in [0.4, 0.5) is 0 Å². The molecule has 0 saturated carbocycles. The monoisotopic (exact) mass is 668 g/mol. The summed E-state index contributed by atoms with van der Waals surface area (Å²) in [5.41, 5.74) is 10.5. The molecular weight excluding hydrogens is 629 g/mol. The van der Waals surface area contributed by atoms with Crippen LogP contribution in [0, 0.1) is 0 Å². The Morgan fingerprint density at radius 3 is 1.62 bits per heavy atom. The standard InChI is InChI=1S/C50H40N2/c1-49(2)26-27-50(3,4)42-30-44-40(29-41(42)49)46-37-19-11-10-18-36(37)45-38-20-12-13-21-43(38)51(33-15-6-5-7-16-33)47(45)48(46)52(44)34-25-24-32-23-22-31-14-8-9-17-35(31)39(32)28-34/h5-25,28-30H,26-27H2,1-4H3. The van der Waals surface area contributed by atoms with Crippen LogP contribution in [0.3, 0.4) is 0 Å². The van der Waals surface area contributed by atoms with Gasteiger partial charge in [0.15, 0.2) is 0 Å². The van der Waals surface area contributed by atoms with Crippen molar-refractivity contribution in [3.05, 3.63) is 157 Å². The maximum atomic E-state index is 2.62. The third kappa shape index (κ3) is 3.95. The molecule has 0 radical (unpaired) electrons. The minimum absolute atomic E-state index is 0.0796. The molecule has 2 heteroatoms. The molecule has 52 heavy (non-hydrogen) atoms. The zero-order chi connectivity index (χ0) is 34.9. The summed E-state index contributed by atoms with van der Waals surface area (Å²) >= 11 is 0. The fourth-order valence-corrected chi connectivity index (χ4v) is 9.74. The van der Waals surface area contributed by atoms with Gasteiger partial charge in [-0.3, -0.25) is 0 Å². The summed E-state index contributed by atoms with van der Waals surface area (Å²) in [6, 6.07) is 54.7.